The lowest BCUT2D eigenvalue weighted by atomic mass is 9.98. The van der Waals surface area contributed by atoms with Crippen LogP contribution in [-0.4, -0.2) is 35.2 Å². The van der Waals surface area contributed by atoms with Gasteiger partial charge in [-0.25, -0.2) is 4.39 Å². The van der Waals surface area contributed by atoms with Crippen LogP contribution in [0.25, 0.3) is 5.69 Å². The highest BCUT2D eigenvalue weighted by Gasteiger charge is 2.25. The van der Waals surface area contributed by atoms with Gasteiger partial charge in [-0.15, -0.1) is 0 Å². The predicted octanol–water partition coefficient (Wildman–Crippen LogP) is 4.11. The maximum atomic E-state index is 14.3. The van der Waals surface area contributed by atoms with E-state index < -0.39 is 17.8 Å². The predicted molar refractivity (Wildman–Crippen MR) is 126 cm³/mol. The molecule has 8 heteroatoms. The minimum Gasteiger partial charge on any atom is -0.481 e. The molecule has 1 fully saturated rings. The minimum atomic E-state index is -0.542. The van der Waals surface area contributed by atoms with Crippen LogP contribution in [0.3, 0.4) is 0 Å². The number of rotatable bonds is 10. The molecule has 178 valence electrons. The normalized spacial score (nSPS) is 13.9. The average molecular weight is 465 g/mol. The number of benzene rings is 2. The van der Waals surface area contributed by atoms with Gasteiger partial charge < -0.3 is 15.4 Å². The summed E-state index contributed by atoms with van der Waals surface area (Å²) in [7, 11) is 1.43. The van der Waals surface area contributed by atoms with Crippen molar-refractivity contribution in [3.05, 3.63) is 77.2 Å². The van der Waals surface area contributed by atoms with E-state index in [2.05, 4.69) is 15.7 Å². The molecule has 1 aliphatic carbocycles. The summed E-state index contributed by atoms with van der Waals surface area (Å²) in [5.41, 5.74) is 2.05. The van der Waals surface area contributed by atoms with Crippen LogP contribution in [0.1, 0.15) is 53.3 Å². The Morgan fingerprint density at radius 3 is 2.62 bits per heavy atom. The topological polar surface area (TPSA) is 85.2 Å². The summed E-state index contributed by atoms with van der Waals surface area (Å²) in [6.07, 6.45) is 3.56. The summed E-state index contributed by atoms with van der Waals surface area (Å²) in [4.78, 5) is 25.8. The lowest BCUT2D eigenvalue weighted by Gasteiger charge is -2.20. The third-order valence-electron chi connectivity index (χ3n) is 6.03. The molecule has 34 heavy (non-hydrogen) atoms. The first kappa shape index (κ1) is 23.5. The molecule has 0 bridgehead atoms. The van der Waals surface area contributed by atoms with E-state index in [9.17, 15) is 14.0 Å². The summed E-state index contributed by atoms with van der Waals surface area (Å²) < 4.78 is 20.9. The van der Waals surface area contributed by atoms with Gasteiger partial charge in [-0.3, -0.25) is 9.59 Å². The molecule has 2 amide bonds. The van der Waals surface area contributed by atoms with Gasteiger partial charge in [0.05, 0.1) is 19.6 Å². The molecule has 7 nitrogen and oxygen atoms in total. The van der Waals surface area contributed by atoms with Crippen molar-refractivity contribution < 1.29 is 18.7 Å². The van der Waals surface area contributed by atoms with Crippen molar-refractivity contribution in [2.75, 3.05) is 13.7 Å². The van der Waals surface area contributed by atoms with Crippen LogP contribution in [0.15, 0.2) is 54.6 Å². The fourth-order valence-electron chi connectivity index (χ4n) is 3.94. The van der Waals surface area contributed by atoms with Crippen molar-refractivity contribution in [3.8, 4) is 11.6 Å². The minimum absolute atomic E-state index is 0.0628. The third kappa shape index (κ3) is 5.62. The van der Waals surface area contributed by atoms with Crippen LogP contribution >= 0.6 is 0 Å². The Hall–Kier alpha value is -3.68. The van der Waals surface area contributed by atoms with E-state index >= 15 is 0 Å². The maximum absolute atomic E-state index is 14.3. The summed E-state index contributed by atoms with van der Waals surface area (Å²) in [6.45, 7) is 2.58. The van der Waals surface area contributed by atoms with Crippen molar-refractivity contribution in [2.24, 2.45) is 5.92 Å². The summed E-state index contributed by atoms with van der Waals surface area (Å²) >= 11 is 0. The number of aromatic nitrogens is 2. The molecule has 0 unspecified atom stereocenters. The Morgan fingerprint density at radius 1 is 1.18 bits per heavy atom. The smallest absolute Gasteiger partial charge is 0.272 e. The van der Waals surface area contributed by atoms with E-state index in [-0.39, 0.29) is 29.6 Å². The molecule has 3 aromatic rings. The van der Waals surface area contributed by atoms with Crippen LogP contribution in [-0.2, 0) is 4.79 Å². The highest BCUT2D eigenvalue weighted by molar-refractivity contribution is 5.93. The third-order valence-corrected chi connectivity index (χ3v) is 6.03. The molecule has 4 rings (SSSR count). The fourth-order valence-corrected chi connectivity index (χ4v) is 3.94. The maximum Gasteiger partial charge on any atom is 0.272 e. The Labute approximate surface area is 198 Å². The van der Waals surface area contributed by atoms with E-state index in [0.717, 1.165) is 23.5 Å². The SMILES string of the molecule is COc1cc(C(=O)N[C@@H](CC(=O)NCCC2CC2)c2ccccc2C)nn1-c1ccccc1F. The number of carbonyl (C=O) groups is 2. The van der Waals surface area contributed by atoms with Gasteiger partial charge in [0.2, 0.25) is 11.8 Å². The molecule has 0 spiro atoms. The molecule has 0 radical (unpaired) electrons. The number of aryl methyl sites for hydroxylation is 1. The average Bonchev–Trinajstić information content (AvgIpc) is 3.55. The van der Waals surface area contributed by atoms with Crippen LogP contribution in [0, 0.1) is 18.7 Å². The second kappa shape index (κ2) is 10.5. The number of methoxy groups -OCH3 is 1. The molecule has 1 atom stereocenters. The van der Waals surface area contributed by atoms with Gasteiger partial charge in [-0.2, -0.15) is 9.78 Å². The highest BCUT2D eigenvalue weighted by Crippen LogP contribution is 2.31. The Morgan fingerprint density at radius 2 is 1.91 bits per heavy atom. The number of ether oxygens (including phenoxy) is 1. The molecular weight excluding hydrogens is 435 g/mol. The number of hydrogen-bond acceptors (Lipinski definition) is 4. The number of amides is 2. The molecule has 1 aromatic heterocycles. The number of halogens is 1. The Bertz CT molecular complexity index is 1170. The number of hydrogen-bond donors (Lipinski definition) is 2. The first-order valence-corrected chi connectivity index (χ1v) is 11.5. The van der Waals surface area contributed by atoms with Gasteiger partial charge >= 0.3 is 0 Å². The fraction of sp³-hybridized carbons (Fsp3) is 0.346. The van der Waals surface area contributed by atoms with E-state index in [1.54, 1.807) is 18.2 Å². The van der Waals surface area contributed by atoms with Gasteiger partial charge in [-0.05, 0) is 42.5 Å². The van der Waals surface area contributed by atoms with Crippen molar-refractivity contribution in [2.45, 2.75) is 38.6 Å². The van der Waals surface area contributed by atoms with Gasteiger partial charge in [0.25, 0.3) is 5.91 Å². The van der Waals surface area contributed by atoms with Crippen LogP contribution in [0.2, 0.25) is 0 Å². The van der Waals surface area contributed by atoms with E-state index in [1.165, 1.54) is 36.8 Å². The molecule has 2 N–H and O–H groups in total. The molecule has 1 saturated carbocycles. The van der Waals surface area contributed by atoms with Gasteiger partial charge in [-0.1, -0.05) is 49.2 Å². The van der Waals surface area contributed by atoms with E-state index in [4.69, 9.17) is 4.74 Å². The Kier molecular flexibility index (Phi) is 7.25. The van der Waals surface area contributed by atoms with E-state index in [1.807, 2.05) is 31.2 Å². The number of nitrogens with zero attached hydrogens (tertiary/aromatic N) is 2. The molecule has 0 saturated heterocycles. The lowest BCUT2D eigenvalue weighted by Crippen LogP contribution is -2.34. The monoisotopic (exact) mass is 464 g/mol. The standard InChI is InChI=1S/C26H29FN4O3/c1-17-7-3-4-8-19(17)21(15-24(32)28-14-13-18-11-12-18)29-26(33)22-16-25(34-2)31(30-22)23-10-6-5-9-20(23)27/h3-10,16,18,21H,11-15H2,1-2H3,(H,28,32)(H,29,33)/t21-/m0/s1. The van der Waals surface area contributed by atoms with Crippen molar-refractivity contribution >= 4 is 11.8 Å². The lowest BCUT2D eigenvalue weighted by molar-refractivity contribution is -0.121. The molecule has 1 aliphatic rings. The first-order valence-electron chi connectivity index (χ1n) is 11.5. The van der Waals surface area contributed by atoms with Crippen LogP contribution < -0.4 is 15.4 Å². The van der Waals surface area contributed by atoms with Crippen LogP contribution in [0.4, 0.5) is 4.39 Å². The summed E-state index contributed by atoms with van der Waals surface area (Å²) in [5, 5.41) is 10.2. The van der Waals surface area contributed by atoms with Crippen molar-refractivity contribution in [3.63, 3.8) is 0 Å². The zero-order chi connectivity index (χ0) is 24.1. The molecule has 1 heterocycles. The number of para-hydroxylation sites is 1. The largest absolute Gasteiger partial charge is 0.481 e. The summed E-state index contributed by atoms with van der Waals surface area (Å²) in [6, 6.07) is 14.6. The Balaban J connectivity index is 1.53. The zero-order valence-corrected chi connectivity index (χ0v) is 19.4. The zero-order valence-electron chi connectivity index (χ0n) is 19.4. The molecule has 2 aromatic carbocycles. The quantitative estimate of drug-likeness (QED) is 0.473. The van der Waals surface area contributed by atoms with Gasteiger partial charge in [0, 0.05) is 12.6 Å². The second-order valence-electron chi connectivity index (χ2n) is 8.60. The molecular formula is C26H29FN4O3. The number of carbonyl (C=O) groups excluding carboxylic acids is 2. The van der Waals surface area contributed by atoms with Crippen LogP contribution in [0.5, 0.6) is 5.88 Å². The highest BCUT2D eigenvalue weighted by atomic mass is 19.1. The summed E-state index contributed by atoms with van der Waals surface area (Å²) in [5.74, 6) is -0.139. The number of nitrogens with one attached hydrogen (secondary N) is 2. The van der Waals surface area contributed by atoms with Crippen molar-refractivity contribution in [1.29, 1.82) is 0 Å². The van der Waals surface area contributed by atoms with Gasteiger partial charge in [0.1, 0.15) is 11.5 Å². The first-order chi connectivity index (χ1) is 16.5. The second-order valence-corrected chi connectivity index (χ2v) is 8.60. The van der Waals surface area contributed by atoms with Gasteiger partial charge in [0.15, 0.2) is 5.69 Å². The molecule has 0 aliphatic heterocycles. The van der Waals surface area contributed by atoms with Crippen molar-refractivity contribution in [1.82, 2.24) is 20.4 Å². The van der Waals surface area contributed by atoms with E-state index in [0.29, 0.717) is 6.54 Å².